The third kappa shape index (κ3) is 3.12. The summed E-state index contributed by atoms with van der Waals surface area (Å²) in [7, 11) is 2.17. The smallest absolute Gasteiger partial charge is 0.237 e. The molecule has 0 aliphatic carbocycles. The van der Waals surface area contributed by atoms with Gasteiger partial charge in [-0.15, -0.1) is 0 Å². The Bertz CT molecular complexity index is 2240. The second-order valence-electron chi connectivity index (χ2n) is 10.5. The summed E-state index contributed by atoms with van der Waals surface area (Å²) in [6.45, 7) is 2.24. The fraction of sp³-hybridized carbons (Fsp3) is 0.0541. The number of hydrogen-bond donors (Lipinski definition) is 0. The van der Waals surface area contributed by atoms with E-state index in [9.17, 15) is 0 Å². The molecular formula is C37H27N2+. The molecule has 8 rings (SSSR count). The highest BCUT2D eigenvalue weighted by Crippen LogP contribution is 2.44. The lowest BCUT2D eigenvalue weighted by Crippen LogP contribution is -2.31. The topological polar surface area (TPSA) is 8.81 Å². The van der Waals surface area contributed by atoms with Gasteiger partial charge < -0.3 is 4.57 Å². The molecule has 0 unspecified atom stereocenters. The third-order valence-electron chi connectivity index (χ3n) is 8.28. The highest BCUT2D eigenvalue weighted by molar-refractivity contribution is 6.32. The summed E-state index contributed by atoms with van der Waals surface area (Å²) in [5.41, 5.74) is 7.43. The number of nitrogens with zero attached hydrogens (tertiary/aromatic N) is 2. The largest absolute Gasteiger partial charge is 0.303 e. The van der Waals surface area contributed by atoms with Crippen LogP contribution < -0.4 is 4.57 Å². The van der Waals surface area contributed by atoms with Crippen molar-refractivity contribution in [2.75, 3.05) is 0 Å². The van der Waals surface area contributed by atoms with E-state index in [2.05, 4.69) is 151 Å². The van der Waals surface area contributed by atoms with Crippen LogP contribution in [0.2, 0.25) is 0 Å². The Morgan fingerprint density at radius 2 is 1.13 bits per heavy atom. The lowest BCUT2D eigenvalue weighted by molar-refractivity contribution is -0.659. The summed E-state index contributed by atoms with van der Waals surface area (Å²) < 4.78 is 4.80. The zero-order valence-electron chi connectivity index (χ0n) is 22.0. The monoisotopic (exact) mass is 499 g/mol. The van der Waals surface area contributed by atoms with Crippen molar-refractivity contribution in [3.63, 3.8) is 0 Å². The molecule has 0 bridgehead atoms. The summed E-state index contributed by atoms with van der Waals surface area (Å²) in [4.78, 5) is 0. The van der Waals surface area contributed by atoms with Gasteiger partial charge in [-0.05, 0) is 57.6 Å². The van der Waals surface area contributed by atoms with E-state index < -0.39 is 0 Å². The number of para-hydroxylation sites is 1. The van der Waals surface area contributed by atoms with Gasteiger partial charge in [-0.2, -0.15) is 4.57 Å². The molecule has 0 amide bonds. The van der Waals surface area contributed by atoms with Crippen LogP contribution in [0, 0.1) is 6.92 Å². The molecule has 0 aliphatic heterocycles. The van der Waals surface area contributed by atoms with Gasteiger partial charge in [-0.25, -0.2) is 0 Å². The molecular weight excluding hydrogens is 472 g/mol. The van der Waals surface area contributed by atoms with Crippen LogP contribution in [-0.4, -0.2) is 4.57 Å². The number of aromatic nitrogens is 2. The fourth-order valence-electron chi connectivity index (χ4n) is 6.56. The van der Waals surface area contributed by atoms with Gasteiger partial charge >= 0.3 is 0 Å². The molecule has 0 aliphatic rings. The van der Waals surface area contributed by atoms with Crippen LogP contribution >= 0.6 is 0 Å². The van der Waals surface area contributed by atoms with Crippen molar-refractivity contribution in [3.8, 4) is 16.9 Å². The number of hydrogen-bond acceptors (Lipinski definition) is 0. The number of rotatable bonds is 2. The van der Waals surface area contributed by atoms with Crippen LogP contribution in [0.15, 0.2) is 128 Å². The highest BCUT2D eigenvalue weighted by Gasteiger charge is 2.27. The first-order valence-electron chi connectivity index (χ1n) is 13.5. The normalized spacial score (nSPS) is 11.8. The molecule has 184 valence electrons. The zero-order chi connectivity index (χ0) is 26.1. The summed E-state index contributed by atoms with van der Waals surface area (Å²) in [6.07, 6.45) is 2.23. The Morgan fingerprint density at radius 3 is 1.87 bits per heavy atom. The van der Waals surface area contributed by atoms with E-state index in [4.69, 9.17) is 0 Å². The highest BCUT2D eigenvalue weighted by atomic mass is 15.0. The summed E-state index contributed by atoms with van der Waals surface area (Å²) in [5.74, 6) is 0. The number of pyridine rings is 1. The van der Waals surface area contributed by atoms with E-state index in [1.165, 1.54) is 76.6 Å². The van der Waals surface area contributed by atoms with Crippen LogP contribution in [0.1, 0.15) is 5.56 Å². The molecule has 2 heteroatoms. The maximum Gasteiger partial charge on any atom is 0.237 e. The minimum Gasteiger partial charge on any atom is -0.303 e. The lowest BCUT2D eigenvalue weighted by Gasteiger charge is -2.13. The number of aryl methyl sites for hydroxylation is 2. The van der Waals surface area contributed by atoms with E-state index in [1.54, 1.807) is 0 Å². The van der Waals surface area contributed by atoms with E-state index in [1.807, 2.05) is 0 Å². The van der Waals surface area contributed by atoms with Crippen molar-refractivity contribution in [2.24, 2.45) is 7.05 Å². The van der Waals surface area contributed by atoms with Crippen LogP contribution in [-0.2, 0) is 7.05 Å². The maximum atomic E-state index is 2.50. The predicted molar refractivity (Wildman–Crippen MR) is 165 cm³/mol. The zero-order valence-corrected chi connectivity index (χ0v) is 22.0. The SMILES string of the molecule is Cc1cc2ccccc2cc1-c1c2c(cc[n+]1C)c1c3ccccc3c3ccccc3c1n2-c1ccccc1. The minimum atomic E-state index is 1.17. The van der Waals surface area contributed by atoms with Gasteiger partial charge in [0.1, 0.15) is 12.6 Å². The van der Waals surface area contributed by atoms with E-state index >= 15 is 0 Å². The molecule has 2 aromatic heterocycles. The molecule has 0 spiro atoms. The first kappa shape index (κ1) is 22.1. The second kappa shape index (κ2) is 8.28. The molecule has 2 heterocycles. The van der Waals surface area contributed by atoms with E-state index in [0.717, 1.165) is 0 Å². The van der Waals surface area contributed by atoms with Gasteiger partial charge in [0.25, 0.3) is 0 Å². The molecule has 2 nitrogen and oxygen atoms in total. The number of benzene rings is 6. The predicted octanol–water partition coefficient (Wildman–Crippen LogP) is 9.04. The Labute approximate surface area is 227 Å². The van der Waals surface area contributed by atoms with Crippen LogP contribution in [0.3, 0.4) is 0 Å². The summed E-state index contributed by atoms with van der Waals surface area (Å²) in [6, 6.07) is 44.2. The Morgan fingerprint density at radius 1 is 0.538 bits per heavy atom. The maximum absolute atomic E-state index is 2.50. The van der Waals surface area contributed by atoms with Gasteiger partial charge in [0.05, 0.1) is 11.1 Å². The Hall–Kier alpha value is -4.95. The average Bonchev–Trinajstić information content (AvgIpc) is 3.33. The standard InChI is InChI=1S/C37H27N2/c1-24-22-25-12-6-7-13-26(25)23-33(24)36-37-32(20-21-38(36)2)34-30-18-10-8-16-28(30)29-17-9-11-19-31(29)35(34)39(37)27-14-4-3-5-15-27/h3-23H,1-2H3/q+1. The number of fused-ring (bicyclic) bond motifs is 9. The van der Waals surface area contributed by atoms with Gasteiger partial charge in [0.2, 0.25) is 5.69 Å². The van der Waals surface area contributed by atoms with Crippen molar-refractivity contribution in [2.45, 2.75) is 6.92 Å². The first-order valence-corrected chi connectivity index (χ1v) is 13.5. The summed E-state index contributed by atoms with van der Waals surface area (Å²) >= 11 is 0. The Kier molecular flexibility index (Phi) is 4.68. The van der Waals surface area contributed by atoms with Gasteiger partial charge in [0.15, 0.2) is 6.20 Å². The molecule has 0 saturated heterocycles. The van der Waals surface area contributed by atoms with Crippen molar-refractivity contribution < 1.29 is 4.57 Å². The first-order chi connectivity index (χ1) is 19.2. The molecule has 0 saturated carbocycles. The quantitative estimate of drug-likeness (QED) is 0.166. The molecule has 0 N–H and O–H groups in total. The van der Waals surface area contributed by atoms with Gasteiger partial charge in [0, 0.05) is 27.9 Å². The second-order valence-corrected chi connectivity index (χ2v) is 10.5. The van der Waals surface area contributed by atoms with Gasteiger partial charge in [-0.1, -0.05) is 97.1 Å². The van der Waals surface area contributed by atoms with Crippen LogP contribution in [0.4, 0.5) is 0 Å². The van der Waals surface area contributed by atoms with Crippen LogP contribution in [0.25, 0.3) is 71.1 Å². The van der Waals surface area contributed by atoms with E-state index in [0.29, 0.717) is 0 Å². The van der Waals surface area contributed by atoms with Crippen molar-refractivity contribution >= 4 is 54.1 Å². The average molecular weight is 500 g/mol. The van der Waals surface area contributed by atoms with Gasteiger partial charge in [-0.3, -0.25) is 0 Å². The van der Waals surface area contributed by atoms with E-state index in [-0.39, 0.29) is 0 Å². The molecule has 39 heavy (non-hydrogen) atoms. The minimum absolute atomic E-state index is 1.17. The van der Waals surface area contributed by atoms with Crippen molar-refractivity contribution in [3.05, 3.63) is 133 Å². The fourth-order valence-corrected chi connectivity index (χ4v) is 6.56. The Balaban J connectivity index is 1.68. The van der Waals surface area contributed by atoms with Crippen LogP contribution in [0.5, 0.6) is 0 Å². The molecule has 8 aromatic rings. The lowest BCUT2D eigenvalue weighted by atomic mass is 9.96. The molecule has 0 radical (unpaired) electrons. The molecule has 0 atom stereocenters. The van der Waals surface area contributed by atoms with Crippen molar-refractivity contribution in [1.29, 1.82) is 0 Å². The molecule has 0 fully saturated rings. The van der Waals surface area contributed by atoms with Crippen molar-refractivity contribution in [1.82, 2.24) is 4.57 Å². The summed E-state index contributed by atoms with van der Waals surface area (Å²) in [5, 5.41) is 10.3. The third-order valence-corrected chi connectivity index (χ3v) is 8.28. The molecule has 6 aromatic carbocycles.